The van der Waals surface area contributed by atoms with Gasteiger partial charge in [-0.1, -0.05) is 6.92 Å². The summed E-state index contributed by atoms with van der Waals surface area (Å²) in [5.41, 5.74) is 0.290. The number of hydrogen-bond acceptors (Lipinski definition) is 2. The third kappa shape index (κ3) is 2.71. The van der Waals surface area contributed by atoms with Crippen LogP contribution < -0.4 is 10.2 Å². The van der Waals surface area contributed by atoms with Gasteiger partial charge < -0.3 is 10.2 Å². The van der Waals surface area contributed by atoms with Crippen molar-refractivity contribution < 1.29 is 13.2 Å². The van der Waals surface area contributed by atoms with Gasteiger partial charge in [0, 0.05) is 42.5 Å². The Bertz CT molecular complexity index is 455. The second-order valence-electron chi connectivity index (χ2n) is 5.50. The Morgan fingerprint density at radius 3 is 2.42 bits per heavy atom. The molecule has 0 radical (unpaired) electrons. The standard InChI is InChI=1S/C14H19F3N2/c1-4-14(3)8-19(9(2)7-18-14)10-5-11(15)13(17)12(16)6-10/h5-6,9,18H,4,7-8H2,1-3H3. The minimum absolute atomic E-state index is 0.101. The van der Waals surface area contributed by atoms with Gasteiger partial charge in [-0.2, -0.15) is 0 Å². The molecule has 2 nitrogen and oxygen atoms in total. The fourth-order valence-corrected chi connectivity index (χ4v) is 2.38. The average Bonchev–Trinajstić information content (AvgIpc) is 2.38. The number of anilines is 1. The Morgan fingerprint density at radius 1 is 1.32 bits per heavy atom. The molecule has 0 bridgehead atoms. The lowest BCUT2D eigenvalue weighted by Crippen LogP contribution is -2.62. The number of piperazine rings is 1. The van der Waals surface area contributed by atoms with Crippen LogP contribution >= 0.6 is 0 Å². The minimum atomic E-state index is -1.41. The third-order valence-corrected chi connectivity index (χ3v) is 3.96. The number of nitrogens with one attached hydrogen (secondary N) is 1. The molecule has 2 rings (SSSR count). The van der Waals surface area contributed by atoms with Crippen LogP contribution in [0.1, 0.15) is 27.2 Å². The molecular weight excluding hydrogens is 253 g/mol. The zero-order chi connectivity index (χ0) is 14.2. The van der Waals surface area contributed by atoms with Gasteiger partial charge >= 0.3 is 0 Å². The number of rotatable bonds is 2. The highest BCUT2D eigenvalue weighted by Crippen LogP contribution is 2.27. The highest BCUT2D eigenvalue weighted by molar-refractivity contribution is 5.49. The summed E-state index contributed by atoms with van der Waals surface area (Å²) >= 11 is 0. The first-order valence-electron chi connectivity index (χ1n) is 6.52. The van der Waals surface area contributed by atoms with Gasteiger partial charge in [0.15, 0.2) is 17.5 Å². The summed E-state index contributed by atoms with van der Waals surface area (Å²) < 4.78 is 39.7. The van der Waals surface area contributed by atoms with Crippen molar-refractivity contribution in [2.45, 2.75) is 38.8 Å². The maximum absolute atomic E-state index is 13.3. The van der Waals surface area contributed by atoms with Crippen molar-refractivity contribution in [3.8, 4) is 0 Å². The van der Waals surface area contributed by atoms with E-state index >= 15 is 0 Å². The van der Waals surface area contributed by atoms with Gasteiger partial charge in [0.05, 0.1) is 0 Å². The summed E-state index contributed by atoms with van der Waals surface area (Å²) in [6.07, 6.45) is 0.905. The summed E-state index contributed by atoms with van der Waals surface area (Å²) in [6.45, 7) is 7.47. The summed E-state index contributed by atoms with van der Waals surface area (Å²) in [5, 5.41) is 3.43. The number of nitrogens with zero attached hydrogens (tertiary/aromatic N) is 1. The van der Waals surface area contributed by atoms with E-state index in [0.29, 0.717) is 12.2 Å². The van der Waals surface area contributed by atoms with E-state index in [-0.39, 0.29) is 11.6 Å². The van der Waals surface area contributed by atoms with Gasteiger partial charge in [0.25, 0.3) is 0 Å². The molecular formula is C14H19F3N2. The maximum atomic E-state index is 13.3. The quantitative estimate of drug-likeness (QED) is 0.832. The molecule has 0 amide bonds. The van der Waals surface area contributed by atoms with Crippen LogP contribution in [-0.2, 0) is 0 Å². The van der Waals surface area contributed by atoms with Crippen molar-refractivity contribution in [3.63, 3.8) is 0 Å². The van der Waals surface area contributed by atoms with Crippen LogP contribution in [0, 0.1) is 17.5 Å². The first-order chi connectivity index (χ1) is 8.86. The minimum Gasteiger partial charge on any atom is -0.366 e. The van der Waals surface area contributed by atoms with Crippen LogP contribution in [0.3, 0.4) is 0 Å². The summed E-state index contributed by atoms with van der Waals surface area (Å²) in [6, 6.07) is 2.23. The van der Waals surface area contributed by atoms with E-state index in [1.165, 1.54) is 0 Å². The topological polar surface area (TPSA) is 15.3 Å². The van der Waals surface area contributed by atoms with Gasteiger partial charge in [0.2, 0.25) is 0 Å². The lowest BCUT2D eigenvalue weighted by molar-refractivity contribution is 0.285. The van der Waals surface area contributed by atoms with Crippen LogP contribution in [0.25, 0.3) is 0 Å². The SMILES string of the molecule is CCC1(C)CN(c2cc(F)c(F)c(F)c2)C(C)CN1. The second kappa shape index (κ2) is 5.04. The molecule has 2 atom stereocenters. The lowest BCUT2D eigenvalue weighted by atomic mass is 9.93. The van der Waals surface area contributed by atoms with Crippen molar-refractivity contribution in [1.29, 1.82) is 0 Å². The fourth-order valence-electron chi connectivity index (χ4n) is 2.38. The average molecular weight is 272 g/mol. The lowest BCUT2D eigenvalue weighted by Gasteiger charge is -2.46. The van der Waals surface area contributed by atoms with Crippen molar-refractivity contribution in [2.24, 2.45) is 0 Å². The van der Waals surface area contributed by atoms with E-state index in [2.05, 4.69) is 19.2 Å². The smallest absolute Gasteiger partial charge is 0.194 e. The Labute approximate surface area is 111 Å². The molecule has 5 heteroatoms. The normalized spacial score (nSPS) is 27.7. The van der Waals surface area contributed by atoms with Gasteiger partial charge in [-0.15, -0.1) is 0 Å². The summed E-state index contributed by atoms with van der Waals surface area (Å²) in [7, 11) is 0. The molecule has 2 unspecified atom stereocenters. The number of benzene rings is 1. The predicted octanol–water partition coefficient (Wildman–Crippen LogP) is 3.07. The maximum Gasteiger partial charge on any atom is 0.194 e. The molecule has 0 saturated carbocycles. The molecule has 0 aromatic heterocycles. The van der Waals surface area contributed by atoms with Crippen LogP contribution in [0.5, 0.6) is 0 Å². The summed E-state index contributed by atoms with van der Waals surface area (Å²) in [5.74, 6) is -3.69. The molecule has 1 fully saturated rings. The number of hydrogen-bond donors (Lipinski definition) is 1. The largest absolute Gasteiger partial charge is 0.366 e. The summed E-state index contributed by atoms with van der Waals surface area (Å²) in [4.78, 5) is 1.92. The molecule has 1 aromatic rings. The monoisotopic (exact) mass is 272 g/mol. The van der Waals surface area contributed by atoms with E-state index < -0.39 is 17.5 Å². The van der Waals surface area contributed by atoms with Gasteiger partial charge in [-0.3, -0.25) is 0 Å². The molecule has 0 aliphatic carbocycles. The van der Waals surface area contributed by atoms with Crippen molar-refractivity contribution in [3.05, 3.63) is 29.6 Å². The molecule has 106 valence electrons. The zero-order valence-corrected chi connectivity index (χ0v) is 11.4. The first kappa shape index (κ1) is 14.2. The Balaban J connectivity index is 2.34. The first-order valence-corrected chi connectivity index (χ1v) is 6.52. The molecule has 1 N–H and O–H groups in total. The van der Waals surface area contributed by atoms with Crippen LogP contribution in [0.15, 0.2) is 12.1 Å². The van der Waals surface area contributed by atoms with Gasteiger partial charge in [-0.25, -0.2) is 13.2 Å². The van der Waals surface area contributed by atoms with Crippen molar-refractivity contribution in [1.82, 2.24) is 5.32 Å². The van der Waals surface area contributed by atoms with E-state index in [0.717, 1.165) is 25.1 Å². The van der Waals surface area contributed by atoms with Crippen molar-refractivity contribution >= 4 is 5.69 Å². The fraction of sp³-hybridized carbons (Fsp3) is 0.571. The molecule has 0 spiro atoms. The Morgan fingerprint density at radius 2 is 1.89 bits per heavy atom. The molecule has 1 heterocycles. The van der Waals surface area contributed by atoms with E-state index in [9.17, 15) is 13.2 Å². The zero-order valence-electron chi connectivity index (χ0n) is 11.4. The van der Waals surface area contributed by atoms with Crippen LogP contribution in [-0.4, -0.2) is 24.7 Å². The highest BCUT2D eigenvalue weighted by Gasteiger charge is 2.33. The Hall–Kier alpha value is -1.23. The van der Waals surface area contributed by atoms with Gasteiger partial charge in [0.1, 0.15) is 0 Å². The molecule has 19 heavy (non-hydrogen) atoms. The van der Waals surface area contributed by atoms with Crippen LogP contribution in [0.4, 0.5) is 18.9 Å². The molecule has 1 aromatic carbocycles. The predicted molar refractivity (Wildman–Crippen MR) is 69.8 cm³/mol. The third-order valence-electron chi connectivity index (χ3n) is 3.96. The van der Waals surface area contributed by atoms with Crippen LogP contribution in [0.2, 0.25) is 0 Å². The molecule has 1 aliphatic heterocycles. The highest BCUT2D eigenvalue weighted by atomic mass is 19.2. The molecule has 1 saturated heterocycles. The molecule has 1 aliphatic rings. The Kier molecular flexibility index (Phi) is 3.76. The van der Waals surface area contributed by atoms with E-state index in [4.69, 9.17) is 0 Å². The van der Waals surface area contributed by atoms with Crippen molar-refractivity contribution in [2.75, 3.05) is 18.0 Å². The van der Waals surface area contributed by atoms with E-state index in [1.54, 1.807) is 0 Å². The number of halogens is 3. The van der Waals surface area contributed by atoms with Gasteiger partial charge in [-0.05, 0) is 20.3 Å². The second-order valence-corrected chi connectivity index (χ2v) is 5.50. The van der Waals surface area contributed by atoms with E-state index in [1.807, 2.05) is 11.8 Å².